The fourth-order valence-corrected chi connectivity index (χ4v) is 4.35. The molecule has 27 heavy (non-hydrogen) atoms. The molecular weight excluding hydrogens is 399 g/mol. The van der Waals surface area contributed by atoms with Crippen LogP contribution in [0, 0.1) is 6.92 Å². The minimum absolute atomic E-state index is 0.00683. The average molecular weight is 413 g/mol. The topological polar surface area (TPSA) is 72.0 Å². The molecule has 0 spiro atoms. The maximum atomic E-state index is 12.6. The van der Waals surface area contributed by atoms with Crippen molar-refractivity contribution >= 4 is 21.4 Å². The van der Waals surface area contributed by atoms with Gasteiger partial charge in [0.25, 0.3) is 0 Å². The summed E-state index contributed by atoms with van der Waals surface area (Å²) in [4.78, 5) is 8.92. The molecule has 1 N–H and O–H groups in total. The Hall–Kier alpha value is -2.30. The molecule has 0 atom stereocenters. The van der Waals surface area contributed by atoms with Crippen molar-refractivity contribution in [3.8, 4) is 10.6 Å². The number of aryl methyl sites for hydroxylation is 1. The van der Waals surface area contributed by atoms with Crippen LogP contribution < -0.4 is 4.72 Å². The van der Waals surface area contributed by atoms with Gasteiger partial charge in [0, 0.05) is 29.4 Å². The van der Waals surface area contributed by atoms with E-state index in [4.69, 9.17) is 0 Å². The number of nitrogens with zero attached hydrogens (tertiary/aromatic N) is 2. The summed E-state index contributed by atoms with van der Waals surface area (Å²) in [6.07, 6.45) is -1.21. The van der Waals surface area contributed by atoms with Crippen molar-refractivity contribution in [2.24, 2.45) is 0 Å². The van der Waals surface area contributed by atoms with Gasteiger partial charge in [-0.25, -0.2) is 18.1 Å². The number of halogens is 3. The third-order valence-corrected chi connectivity index (χ3v) is 6.34. The van der Waals surface area contributed by atoms with Crippen LogP contribution in [0.1, 0.15) is 16.1 Å². The largest absolute Gasteiger partial charge is 0.416 e. The number of pyridine rings is 1. The summed E-state index contributed by atoms with van der Waals surface area (Å²) in [5, 5.41) is 0.712. The second-order valence-corrected chi connectivity index (χ2v) is 8.47. The van der Waals surface area contributed by atoms with Crippen molar-refractivity contribution in [1.82, 2.24) is 14.7 Å². The molecule has 10 heteroatoms. The summed E-state index contributed by atoms with van der Waals surface area (Å²) in [7, 11) is -3.94. The molecule has 1 aromatic carbocycles. The van der Waals surface area contributed by atoms with Gasteiger partial charge in [-0.15, -0.1) is 11.3 Å². The smallest absolute Gasteiger partial charge is 0.264 e. The van der Waals surface area contributed by atoms with Crippen LogP contribution in [0.2, 0.25) is 0 Å². The number of thiazole rings is 1. The number of aromatic nitrogens is 2. The Kier molecular flexibility index (Phi) is 5.31. The van der Waals surface area contributed by atoms with E-state index in [9.17, 15) is 21.6 Å². The third kappa shape index (κ3) is 4.52. The molecule has 0 aliphatic carbocycles. The highest BCUT2D eigenvalue weighted by atomic mass is 32.2. The molecule has 3 aromatic rings. The lowest BCUT2D eigenvalue weighted by Gasteiger charge is -2.09. The minimum atomic E-state index is -4.52. The van der Waals surface area contributed by atoms with Crippen LogP contribution >= 0.6 is 11.3 Å². The van der Waals surface area contributed by atoms with E-state index < -0.39 is 21.8 Å². The van der Waals surface area contributed by atoms with Crippen LogP contribution in [0.15, 0.2) is 53.7 Å². The number of hydrogen-bond donors (Lipinski definition) is 1. The summed E-state index contributed by atoms with van der Waals surface area (Å²) >= 11 is 1.33. The zero-order chi connectivity index (χ0) is 19.7. The molecule has 0 fully saturated rings. The molecule has 0 saturated carbocycles. The number of hydrogen-bond acceptors (Lipinski definition) is 5. The van der Waals surface area contributed by atoms with Gasteiger partial charge >= 0.3 is 6.18 Å². The average Bonchev–Trinajstić information content (AvgIpc) is 3.01. The molecule has 0 radical (unpaired) electrons. The van der Waals surface area contributed by atoms with Crippen molar-refractivity contribution < 1.29 is 21.6 Å². The first kappa shape index (κ1) is 19.5. The number of sulfonamides is 1. The Morgan fingerprint density at radius 3 is 2.44 bits per heavy atom. The fraction of sp³-hybridized carbons (Fsp3) is 0.176. The summed E-state index contributed by atoms with van der Waals surface area (Å²) in [6.45, 7) is 1.76. The zero-order valence-electron chi connectivity index (χ0n) is 14.0. The van der Waals surface area contributed by atoms with E-state index in [1.165, 1.54) is 11.3 Å². The van der Waals surface area contributed by atoms with E-state index >= 15 is 0 Å². The monoisotopic (exact) mass is 413 g/mol. The van der Waals surface area contributed by atoms with Crippen molar-refractivity contribution in [1.29, 1.82) is 0 Å². The summed E-state index contributed by atoms with van der Waals surface area (Å²) < 4.78 is 64.9. The third-order valence-electron chi connectivity index (χ3n) is 3.72. The molecule has 5 nitrogen and oxygen atoms in total. The van der Waals surface area contributed by atoms with Gasteiger partial charge in [0.1, 0.15) is 5.01 Å². The van der Waals surface area contributed by atoms with Crippen molar-refractivity contribution in [2.45, 2.75) is 24.5 Å². The molecule has 0 aliphatic rings. The summed E-state index contributed by atoms with van der Waals surface area (Å²) in [5.41, 5.74) is 0.595. The number of rotatable bonds is 5. The Labute approximate surface area is 158 Å². The predicted molar refractivity (Wildman–Crippen MR) is 95.6 cm³/mol. The van der Waals surface area contributed by atoms with Gasteiger partial charge in [-0.05, 0) is 43.3 Å². The highest BCUT2D eigenvalue weighted by Gasteiger charge is 2.30. The SMILES string of the molecule is Cc1nc(-c2cccnc2)sc1CNS(=O)(=O)c1ccc(C(F)(F)F)cc1. The molecule has 0 amide bonds. The lowest BCUT2D eigenvalue weighted by atomic mass is 10.2. The summed E-state index contributed by atoms with van der Waals surface area (Å²) in [5.74, 6) is 0. The first-order valence-electron chi connectivity index (χ1n) is 7.70. The first-order valence-corrected chi connectivity index (χ1v) is 10.0. The van der Waals surface area contributed by atoms with E-state index in [-0.39, 0.29) is 11.4 Å². The molecule has 142 valence electrons. The normalized spacial score (nSPS) is 12.3. The van der Waals surface area contributed by atoms with Gasteiger partial charge in [-0.3, -0.25) is 4.98 Å². The maximum absolute atomic E-state index is 12.6. The number of alkyl halides is 3. The zero-order valence-corrected chi connectivity index (χ0v) is 15.6. The van der Waals surface area contributed by atoms with Crippen molar-refractivity contribution in [3.63, 3.8) is 0 Å². The van der Waals surface area contributed by atoms with Crippen molar-refractivity contribution in [3.05, 3.63) is 64.9 Å². The minimum Gasteiger partial charge on any atom is -0.264 e. The molecule has 3 rings (SSSR count). The summed E-state index contributed by atoms with van der Waals surface area (Å²) in [6, 6.07) is 6.98. The number of benzene rings is 1. The van der Waals surface area contributed by atoms with E-state index in [2.05, 4.69) is 14.7 Å². The van der Waals surface area contributed by atoms with Gasteiger partial charge in [0.05, 0.1) is 16.2 Å². The molecule has 0 unspecified atom stereocenters. The number of nitrogens with one attached hydrogen (secondary N) is 1. The van der Waals surface area contributed by atoms with Crippen LogP contribution in [0.4, 0.5) is 13.2 Å². The molecule has 2 aromatic heterocycles. The molecule has 0 saturated heterocycles. The second-order valence-electron chi connectivity index (χ2n) is 5.62. The second kappa shape index (κ2) is 7.37. The van der Waals surface area contributed by atoms with Crippen molar-refractivity contribution in [2.75, 3.05) is 0 Å². The molecule has 2 heterocycles. The molecule has 0 bridgehead atoms. The maximum Gasteiger partial charge on any atom is 0.416 e. The van der Waals surface area contributed by atoms with Crippen LogP contribution in [0.5, 0.6) is 0 Å². The Bertz CT molecular complexity index is 1030. The van der Waals surface area contributed by atoms with E-state index in [1.54, 1.807) is 25.4 Å². The van der Waals surface area contributed by atoms with E-state index in [1.807, 2.05) is 6.07 Å². The quantitative estimate of drug-likeness (QED) is 0.686. The van der Waals surface area contributed by atoms with Gasteiger partial charge in [-0.1, -0.05) is 0 Å². The van der Waals surface area contributed by atoms with Gasteiger partial charge in [0.2, 0.25) is 10.0 Å². The lowest BCUT2D eigenvalue weighted by molar-refractivity contribution is -0.137. The van der Waals surface area contributed by atoms with Crippen LogP contribution in [-0.2, 0) is 22.7 Å². The van der Waals surface area contributed by atoms with Gasteiger partial charge < -0.3 is 0 Å². The first-order chi connectivity index (χ1) is 12.7. The van der Waals surface area contributed by atoms with E-state index in [0.717, 1.165) is 29.8 Å². The highest BCUT2D eigenvalue weighted by molar-refractivity contribution is 7.89. The Morgan fingerprint density at radius 1 is 1.15 bits per heavy atom. The lowest BCUT2D eigenvalue weighted by Crippen LogP contribution is -2.23. The standard InChI is InChI=1S/C17H14F3N3O2S2/c1-11-15(26-16(23-11)12-3-2-8-21-9-12)10-22-27(24,25)14-6-4-13(5-7-14)17(18,19)20/h2-9,22H,10H2,1H3. The Balaban J connectivity index is 1.75. The van der Waals surface area contributed by atoms with Crippen LogP contribution in [0.25, 0.3) is 10.6 Å². The van der Waals surface area contributed by atoms with Crippen LogP contribution in [0.3, 0.4) is 0 Å². The van der Waals surface area contributed by atoms with Gasteiger partial charge in [-0.2, -0.15) is 13.2 Å². The highest BCUT2D eigenvalue weighted by Crippen LogP contribution is 2.30. The van der Waals surface area contributed by atoms with Gasteiger partial charge in [0.15, 0.2) is 0 Å². The molecular formula is C17H14F3N3O2S2. The fourth-order valence-electron chi connectivity index (χ4n) is 2.27. The Morgan fingerprint density at radius 2 is 1.85 bits per heavy atom. The van der Waals surface area contributed by atoms with E-state index in [0.29, 0.717) is 15.6 Å². The van der Waals surface area contributed by atoms with Crippen LogP contribution in [-0.4, -0.2) is 18.4 Å². The molecule has 0 aliphatic heterocycles. The predicted octanol–water partition coefficient (Wildman–Crippen LogP) is 4.01.